The molecule has 0 amide bonds. The molecule has 242 valence electrons. The van der Waals surface area contributed by atoms with Gasteiger partial charge in [0.25, 0.3) is 0 Å². The Hall–Kier alpha value is -7.11. The van der Waals surface area contributed by atoms with Gasteiger partial charge >= 0.3 is 0 Å². The summed E-state index contributed by atoms with van der Waals surface area (Å²) in [6.45, 7) is 0. The molecule has 11 aromatic rings. The lowest BCUT2D eigenvalue weighted by molar-refractivity contribution is 0.980. The Morgan fingerprint density at radius 1 is 0.365 bits per heavy atom. The predicted molar refractivity (Wildman–Crippen MR) is 214 cm³/mol. The van der Waals surface area contributed by atoms with Gasteiger partial charge in [-0.2, -0.15) is 0 Å². The Labute approximate surface area is 298 Å². The fourth-order valence-corrected chi connectivity index (χ4v) is 7.87. The molecule has 52 heavy (non-hydrogen) atoms. The number of fused-ring (bicyclic) bond motifs is 10. The van der Waals surface area contributed by atoms with E-state index in [-0.39, 0.29) is 0 Å². The Morgan fingerprint density at radius 2 is 1.00 bits per heavy atom. The van der Waals surface area contributed by atoms with Crippen LogP contribution in [0.15, 0.2) is 176 Å². The number of benzene rings is 7. The normalized spacial score (nSPS) is 11.8. The number of hydrogen-bond acceptors (Lipinski definition) is 3. The molecule has 0 spiro atoms. The zero-order valence-corrected chi connectivity index (χ0v) is 28.0. The van der Waals surface area contributed by atoms with E-state index in [1.807, 2.05) is 24.3 Å². The van der Waals surface area contributed by atoms with Crippen molar-refractivity contribution in [1.82, 2.24) is 23.9 Å². The molecule has 5 nitrogen and oxygen atoms in total. The second-order valence-corrected chi connectivity index (χ2v) is 13.3. The summed E-state index contributed by atoms with van der Waals surface area (Å²) in [5.41, 5.74) is 12.2. The van der Waals surface area contributed by atoms with Crippen LogP contribution in [0, 0.1) is 0 Å². The average Bonchev–Trinajstić information content (AvgIpc) is 3.78. The van der Waals surface area contributed by atoms with E-state index in [1.54, 1.807) is 0 Å². The van der Waals surface area contributed by atoms with Gasteiger partial charge in [0.15, 0.2) is 0 Å². The van der Waals surface area contributed by atoms with Gasteiger partial charge in [0.05, 0.1) is 39.0 Å². The molecular weight excluding hydrogens is 635 g/mol. The monoisotopic (exact) mass is 663 g/mol. The van der Waals surface area contributed by atoms with Crippen LogP contribution in [0.5, 0.6) is 0 Å². The van der Waals surface area contributed by atoms with E-state index in [0.717, 1.165) is 83.6 Å². The molecule has 0 saturated carbocycles. The predicted octanol–water partition coefficient (Wildman–Crippen LogP) is 11.7. The Balaban J connectivity index is 1.24. The maximum atomic E-state index is 5.40. The SMILES string of the molecule is c1ccc(-c2cc(-c3ccc4c(c3)c3c5ccccc5ccc3n4-c3nc4ccccc4c4nc5ccccc5n34)cc(-c3ccccc3)n2)cc1. The number of rotatable bonds is 4. The third-order valence-electron chi connectivity index (χ3n) is 10.3. The molecule has 0 aliphatic carbocycles. The summed E-state index contributed by atoms with van der Waals surface area (Å²) in [6, 6.07) is 61.9. The summed E-state index contributed by atoms with van der Waals surface area (Å²) < 4.78 is 4.55. The summed E-state index contributed by atoms with van der Waals surface area (Å²) >= 11 is 0. The van der Waals surface area contributed by atoms with Crippen LogP contribution in [-0.2, 0) is 0 Å². The second-order valence-electron chi connectivity index (χ2n) is 13.3. The van der Waals surface area contributed by atoms with Crippen molar-refractivity contribution in [3.8, 4) is 39.6 Å². The highest BCUT2D eigenvalue weighted by atomic mass is 15.2. The molecule has 0 fully saturated rings. The molecule has 4 aromatic heterocycles. The van der Waals surface area contributed by atoms with Crippen molar-refractivity contribution in [2.75, 3.05) is 0 Å². The Kier molecular flexibility index (Phi) is 6.18. The van der Waals surface area contributed by atoms with E-state index in [9.17, 15) is 0 Å². The van der Waals surface area contributed by atoms with E-state index in [4.69, 9.17) is 15.0 Å². The summed E-state index contributed by atoms with van der Waals surface area (Å²) in [5.74, 6) is 0.812. The standard InChI is InChI=1S/C47H29N5/c1-3-14-31(15-4-1)40-28-34(29-41(48-40)32-16-5-2-6-17-32)33-24-25-42-37(27-33)45-35-18-8-7-13-30(35)23-26-44(45)51(42)47-50-38-20-10-9-19-36(38)46-49-39-21-11-12-22-43(39)52(46)47/h1-29H. The van der Waals surface area contributed by atoms with Gasteiger partial charge in [-0.15, -0.1) is 0 Å². The van der Waals surface area contributed by atoms with Gasteiger partial charge in [-0.3, -0.25) is 8.97 Å². The van der Waals surface area contributed by atoms with Crippen molar-refractivity contribution in [2.45, 2.75) is 0 Å². The first-order valence-corrected chi connectivity index (χ1v) is 17.5. The van der Waals surface area contributed by atoms with Crippen molar-refractivity contribution in [2.24, 2.45) is 0 Å². The van der Waals surface area contributed by atoms with Crippen LogP contribution in [0.4, 0.5) is 0 Å². The molecular formula is C47H29N5. The molecule has 0 N–H and O–H groups in total. The fourth-order valence-electron chi connectivity index (χ4n) is 7.87. The lowest BCUT2D eigenvalue weighted by Crippen LogP contribution is -2.06. The number of nitrogens with zero attached hydrogens (tertiary/aromatic N) is 5. The fraction of sp³-hybridized carbons (Fsp3) is 0. The van der Waals surface area contributed by atoms with E-state index in [0.29, 0.717) is 0 Å². The molecule has 0 aliphatic heterocycles. The lowest BCUT2D eigenvalue weighted by Gasteiger charge is -2.13. The molecule has 7 aromatic carbocycles. The van der Waals surface area contributed by atoms with Gasteiger partial charge in [-0.1, -0.05) is 121 Å². The van der Waals surface area contributed by atoms with Crippen LogP contribution in [0.1, 0.15) is 0 Å². The van der Waals surface area contributed by atoms with E-state index in [2.05, 4.69) is 161 Å². The number of hydrogen-bond donors (Lipinski definition) is 0. The number of aromatic nitrogens is 5. The average molecular weight is 664 g/mol. The van der Waals surface area contributed by atoms with Crippen LogP contribution in [0.25, 0.3) is 99.8 Å². The zero-order valence-electron chi connectivity index (χ0n) is 28.0. The smallest absolute Gasteiger partial charge is 0.221 e. The lowest BCUT2D eigenvalue weighted by atomic mass is 9.97. The molecule has 0 unspecified atom stereocenters. The van der Waals surface area contributed by atoms with Crippen LogP contribution in [0.3, 0.4) is 0 Å². The topological polar surface area (TPSA) is 48.0 Å². The first-order chi connectivity index (χ1) is 25.8. The molecule has 0 atom stereocenters. The quantitative estimate of drug-likeness (QED) is 0.188. The minimum absolute atomic E-state index is 0.812. The van der Waals surface area contributed by atoms with E-state index < -0.39 is 0 Å². The summed E-state index contributed by atoms with van der Waals surface area (Å²) in [4.78, 5) is 15.7. The van der Waals surface area contributed by atoms with Gasteiger partial charge in [-0.05, 0) is 76.5 Å². The van der Waals surface area contributed by atoms with Crippen molar-refractivity contribution in [3.63, 3.8) is 0 Å². The van der Waals surface area contributed by atoms with Crippen LogP contribution < -0.4 is 0 Å². The summed E-state index contributed by atoms with van der Waals surface area (Å²) in [5, 5.41) is 5.79. The minimum atomic E-state index is 0.812. The number of pyridine rings is 1. The molecule has 11 rings (SSSR count). The Morgan fingerprint density at radius 3 is 1.77 bits per heavy atom. The van der Waals surface area contributed by atoms with Gasteiger partial charge in [0.2, 0.25) is 5.95 Å². The van der Waals surface area contributed by atoms with Crippen molar-refractivity contribution < 1.29 is 0 Å². The van der Waals surface area contributed by atoms with E-state index >= 15 is 0 Å². The van der Waals surface area contributed by atoms with Crippen molar-refractivity contribution in [1.29, 1.82) is 0 Å². The van der Waals surface area contributed by atoms with Gasteiger partial charge in [-0.25, -0.2) is 15.0 Å². The molecule has 0 saturated heterocycles. The third-order valence-corrected chi connectivity index (χ3v) is 10.3. The minimum Gasteiger partial charge on any atom is -0.279 e. The largest absolute Gasteiger partial charge is 0.279 e. The molecule has 5 heteroatoms. The first kappa shape index (κ1) is 28.7. The molecule has 4 heterocycles. The highest BCUT2D eigenvalue weighted by Gasteiger charge is 2.22. The van der Waals surface area contributed by atoms with Crippen LogP contribution in [0.2, 0.25) is 0 Å². The highest BCUT2D eigenvalue weighted by molar-refractivity contribution is 6.22. The van der Waals surface area contributed by atoms with Gasteiger partial charge in [0.1, 0.15) is 5.65 Å². The van der Waals surface area contributed by atoms with Crippen LogP contribution >= 0.6 is 0 Å². The summed E-state index contributed by atoms with van der Waals surface area (Å²) in [6.07, 6.45) is 0. The molecule has 0 bridgehead atoms. The van der Waals surface area contributed by atoms with Crippen LogP contribution in [-0.4, -0.2) is 23.9 Å². The van der Waals surface area contributed by atoms with Crippen molar-refractivity contribution in [3.05, 3.63) is 176 Å². The summed E-state index contributed by atoms with van der Waals surface area (Å²) in [7, 11) is 0. The van der Waals surface area contributed by atoms with Gasteiger partial charge in [0, 0.05) is 27.3 Å². The second kappa shape index (κ2) is 11.2. The molecule has 0 aliphatic rings. The Bertz CT molecular complexity index is 3120. The maximum absolute atomic E-state index is 5.40. The zero-order chi connectivity index (χ0) is 34.2. The number of imidazole rings is 1. The van der Waals surface area contributed by atoms with Gasteiger partial charge < -0.3 is 0 Å². The van der Waals surface area contributed by atoms with E-state index in [1.165, 1.54) is 16.2 Å². The first-order valence-electron chi connectivity index (χ1n) is 17.5. The van der Waals surface area contributed by atoms with Crippen molar-refractivity contribution >= 4 is 60.2 Å². The third kappa shape index (κ3) is 4.33. The molecule has 0 radical (unpaired) electrons. The maximum Gasteiger partial charge on any atom is 0.221 e. The highest BCUT2D eigenvalue weighted by Crippen LogP contribution is 2.40. The number of para-hydroxylation sites is 3.